The molecule has 0 spiro atoms. The first-order valence-corrected chi connectivity index (χ1v) is 11.0. The summed E-state index contributed by atoms with van der Waals surface area (Å²) < 4.78 is 5.77. The number of Topliss-reactive ketones (excluding diaryl/α,β-unsaturated/α-hetero) is 1. The minimum Gasteiger partial charge on any atom is -0.423 e. The first kappa shape index (κ1) is 21.2. The lowest BCUT2D eigenvalue weighted by atomic mass is 9.80. The SMILES string of the molecule is CN(C)C(=O)C1CC(=O)C2=C(C1)NC(Nc1nc3ccccc3o1)=NC2c1ccccc1Cl. The molecular weight excluding hydrogens is 442 g/mol. The molecule has 1 aliphatic heterocycles. The summed E-state index contributed by atoms with van der Waals surface area (Å²) in [5.74, 6) is -0.259. The largest absolute Gasteiger partial charge is 0.423 e. The summed E-state index contributed by atoms with van der Waals surface area (Å²) in [6.45, 7) is 0. The zero-order valence-corrected chi connectivity index (χ0v) is 18.9. The van der Waals surface area contributed by atoms with E-state index in [1.54, 1.807) is 20.2 Å². The monoisotopic (exact) mass is 463 g/mol. The Bertz CT molecular complexity index is 1290. The van der Waals surface area contributed by atoms with E-state index in [1.165, 1.54) is 4.90 Å². The Morgan fingerprint density at radius 1 is 1.15 bits per heavy atom. The topological polar surface area (TPSA) is 99.8 Å². The van der Waals surface area contributed by atoms with Crippen LogP contribution in [-0.2, 0) is 9.59 Å². The van der Waals surface area contributed by atoms with Gasteiger partial charge in [-0.2, -0.15) is 4.98 Å². The Morgan fingerprint density at radius 3 is 2.67 bits per heavy atom. The number of ketones is 1. The maximum Gasteiger partial charge on any atom is 0.302 e. The highest BCUT2D eigenvalue weighted by Gasteiger charge is 2.39. The highest BCUT2D eigenvalue weighted by atomic mass is 35.5. The van der Waals surface area contributed by atoms with Gasteiger partial charge in [-0.15, -0.1) is 0 Å². The van der Waals surface area contributed by atoms with Gasteiger partial charge in [0.05, 0.1) is 5.92 Å². The summed E-state index contributed by atoms with van der Waals surface area (Å²) in [4.78, 5) is 36.5. The van der Waals surface area contributed by atoms with Crippen molar-refractivity contribution in [1.82, 2.24) is 15.2 Å². The predicted molar refractivity (Wildman–Crippen MR) is 126 cm³/mol. The van der Waals surface area contributed by atoms with Crippen LogP contribution in [-0.4, -0.2) is 41.6 Å². The first-order valence-electron chi connectivity index (χ1n) is 10.6. The molecule has 1 amide bonds. The van der Waals surface area contributed by atoms with Gasteiger partial charge in [0.1, 0.15) is 11.6 Å². The number of nitrogens with one attached hydrogen (secondary N) is 2. The number of allylic oxidation sites excluding steroid dienone is 1. The van der Waals surface area contributed by atoms with Crippen molar-refractivity contribution < 1.29 is 14.0 Å². The van der Waals surface area contributed by atoms with Gasteiger partial charge in [-0.1, -0.05) is 41.9 Å². The number of fused-ring (bicyclic) bond motifs is 1. The molecule has 2 N–H and O–H groups in total. The van der Waals surface area contributed by atoms with E-state index in [9.17, 15) is 9.59 Å². The van der Waals surface area contributed by atoms with E-state index >= 15 is 0 Å². The van der Waals surface area contributed by atoms with Crippen LogP contribution in [0.1, 0.15) is 24.4 Å². The Hall–Kier alpha value is -3.65. The van der Waals surface area contributed by atoms with Crippen molar-refractivity contribution in [2.75, 3.05) is 19.4 Å². The standard InChI is InChI=1S/C24H22ClN5O3/c1-30(2)22(32)13-11-17-20(18(31)12-13)21(14-7-3-4-8-15(14)25)28-23(26-17)29-24-27-16-9-5-6-10-19(16)33-24/h3-10,13,21H,11-12H2,1-2H3,(H2,26,27,28,29). The van der Waals surface area contributed by atoms with Crippen LogP contribution in [0.15, 0.2) is 69.2 Å². The van der Waals surface area contributed by atoms with E-state index in [0.717, 1.165) is 5.56 Å². The van der Waals surface area contributed by atoms with Gasteiger partial charge < -0.3 is 14.6 Å². The van der Waals surface area contributed by atoms with E-state index in [4.69, 9.17) is 21.0 Å². The van der Waals surface area contributed by atoms with Crippen LogP contribution in [0.5, 0.6) is 0 Å². The molecule has 168 valence electrons. The summed E-state index contributed by atoms with van der Waals surface area (Å²) in [6, 6.07) is 14.4. The third-order valence-electron chi connectivity index (χ3n) is 5.82. The van der Waals surface area contributed by atoms with Crippen LogP contribution in [0, 0.1) is 5.92 Å². The third kappa shape index (κ3) is 3.98. The molecule has 9 heteroatoms. The number of hydrogen-bond acceptors (Lipinski definition) is 7. The van der Waals surface area contributed by atoms with Crippen molar-refractivity contribution in [2.24, 2.45) is 10.9 Å². The fourth-order valence-corrected chi connectivity index (χ4v) is 4.53. The number of amides is 1. The molecule has 0 bridgehead atoms. The van der Waals surface area contributed by atoms with Gasteiger partial charge in [-0.05, 0) is 23.8 Å². The summed E-state index contributed by atoms with van der Waals surface area (Å²) in [5, 5.41) is 6.80. The Labute approximate surface area is 195 Å². The molecule has 8 nitrogen and oxygen atoms in total. The predicted octanol–water partition coefficient (Wildman–Crippen LogP) is 3.92. The molecule has 1 aliphatic carbocycles. The Kier molecular flexibility index (Phi) is 5.38. The molecule has 2 aliphatic rings. The average Bonchev–Trinajstić information content (AvgIpc) is 3.20. The number of halogens is 1. The van der Waals surface area contributed by atoms with Crippen molar-refractivity contribution in [3.8, 4) is 0 Å². The Morgan fingerprint density at radius 2 is 1.91 bits per heavy atom. The van der Waals surface area contributed by atoms with Crippen molar-refractivity contribution in [1.29, 1.82) is 0 Å². The highest BCUT2D eigenvalue weighted by molar-refractivity contribution is 6.31. The van der Waals surface area contributed by atoms with E-state index in [-0.39, 0.29) is 24.1 Å². The van der Waals surface area contributed by atoms with Gasteiger partial charge in [0.15, 0.2) is 11.4 Å². The minimum atomic E-state index is -0.607. The molecule has 0 saturated carbocycles. The van der Waals surface area contributed by atoms with Gasteiger partial charge in [-0.3, -0.25) is 14.9 Å². The molecular formula is C24H22ClN5O3. The summed E-state index contributed by atoms with van der Waals surface area (Å²) in [7, 11) is 3.39. The molecule has 5 rings (SSSR count). The second-order valence-electron chi connectivity index (χ2n) is 8.29. The smallest absolute Gasteiger partial charge is 0.302 e. The van der Waals surface area contributed by atoms with Crippen molar-refractivity contribution in [2.45, 2.75) is 18.9 Å². The van der Waals surface area contributed by atoms with E-state index in [2.05, 4.69) is 15.6 Å². The fraction of sp³-hybridized carbons (Fsp3) is 0.250. The number of nitrogens with zero attached hydrogens (tertiary/aromatic N) is 3. The number of benzene rings is 2. The third-order valence-corrected chi connectivity index (χ3v) is 6.16. The lowest BCUT2D eigenvalue weighted by molar-refractivity contribution is -0.135. The number of aromatic nitrogens is 1. The number of anilines is 1. The molecule has 0 fully saturated rings. The van der Waals surface area contributed by atoms with Crippen molar-refractivity contribution in [3.05, 3.63) is 70.4 Å². The van der Waals surface area contributed by atoms with Gasteiger partial charge >= 0.3 is 6.01 Å². The van der Waals surface area contributed by atoms with Crippen LogP contribution in [0.2, 0.25) is 5.02 Å². The number of rotatable bonds is 3. The lowest BCUT2D eigenvalue weighted by Gasteiger charge is -2.34. The zero-order valence-electron chi connectivity index (χ0n) is 18.1. The van der Waals surface area contributed by atoms with Crippen molar-refractivity contribution >= 4 is 46.4 Å². The molecule has 2 aromatic carbocycles. The summed E-state index contributed by atoms with van der Waals surface area (Å²) >= 11 is 6.48. The number of aliphatic imine (C=N–C) groups is 1. The summed E-state index contributed by atoms with van der Waals surface area (Å²) in [5.41, 5.74) is 3.27. The van der Waals surface area contributed by atoms with Crippen LogP contribution in [0.3, 0.4) is 0 Å². The maximum atomic E-state index is 13.2. The van der Waals surface area contributed by atoms with Gasteiger partial charge in [0.25, 0.3) is 0 Å². The van der Waals surface area contributed by atoms with Crippen LogP contribution in [0.25, 0.3) is 11.1 Å². The Balaban J connectivity index is 1.53. The van der Waals surface area contributed by atoms with Gasteiger partial charge in [0, 0.05) is 43.2 Å². The van der Waals surface area contributed by atoms with Crippen molar-refractivity contribution in [3.63, 3.8) is 0 Å². The fourth-order valence-electron chi connectivity index (χ4n) is 4.29. The second-order valence-corrected chi connectivity index (χ2v) is 8.70. The van der Waals surface area contributed by atoms with Crippen LogP contribution < -0.4 is 10.6 Å². The van der Waals surface area contributed by atoms with E-state index in [1.807, 2.05) is 42.5 Å². The summed E-state index contributed by atoms with van der Waals surface area (Å²) in [6.07, 6.45) is 0.537. The molecule has 2 atom stereocenters. The molecule has 0 radical (unpaired) electrons. The number of carbonyl (C=O) groups is 2. The highest BCUT2D eigenvalue weighted by Crippen LogP contribution is 2.40. The number of oxazole rings is 1. The normalized spacial score (nSPS) is 20.2. The molecule has 1 aromatic heterocycles. The number of carbonyl (C=O) groups excluding carboxylic acids is 2. The minimum absolute atomic E-state index is 0.0815. The molecule has 33 heavy (non-hydrogen) atoms. The number of para-hydroxylation sites is 2. The number of hydrogen-bond donors (Lipinski definition) is 2. The van der Waals surface area contributed by atoms with Crippen LogP contribution in [0.4, 0.5) is 6.01 Å². The van der Waals surface area contributed by atoms with E-state index in [0.29, 0.717) is 39.8 Å². The second kappa shape index (κ2) is 8.37. The van der Waals surface area contributed by atoms with Gasteiger partial charge in [0.2, 0.25) is 11.9 Å². The maximum absolute atomic E-state index is 13.2. The lowest BCUT2D eigenvalue weighted by Crippen LogP contribution is -2.43. The number of guanidine groups is 1. The molecule has 0 saturated heterocycles. The van der Waals surface area contributed by atoms with Gasteiger partial charge in [-0.25, -0.2) is 4.99 Å². The first-order chi connectivity index (χ1) is 15.9. The zero-order chi connectivity index (χ0) is 23.1. The molecule has 3 aromatic rings. The van der Waals surface area contributed by atoms with E-state index < -0.39 is 12.0 Å². The average molecular weight is 464 g/mol. The van der Waals surface area contributed by atoms with Crippen LogP contribution >= 0.6 is 11.6 Å². The molecule has 2 unspecified atom stereocenters. The molecule has 2 heterocycles. The quantitative estimate of drug-likeness (QED) is 0.610.